The molecular formula is C10H9BrN2O2S. The monoisotopic (exact) mass is 300 g/mol. The lowest BCUT2D eigenvalue weighted by molar-refractivity contribution is -0.384. The van der Waals surface area contributed by atoms with Crippen molar-refractivity contribution in [3.63, 3.8) is 0 Å². The van der Waals surface area contributed by atoms with E-state index in [0.717, 1.165) is 16.3 Å². The number of rotatable bonds is 2. The van der Waals surface area contributed by atoms with Crippen molar-refractivity contribution in [3.8, 4) is 11.3 Å². The molecule has 6 heteroatoms. The van der Waals surface area contributed by atoms with E-state index in [1.54, 1.807) is 23.5 Å². The Labute approximate surface area is 107 Å². The smallest absolute Gasteiger partial charge is 0.258 e. The van der Waals surface area contributed by atoms with Gasteiger partial charge in [-0.25, -0.2) is 4.98 Å². The van der Waals surface area contributed by atoms with Crippen LogP contribution in [-0.2, 0) is 0 Å². The van der Waals surface area contributed by atoms with Crippen molar-refractivity contribution in [2.75, 3.05) is 0 Å². The first-order valence-corrected chi connectivity index (χ1v) is 5.22. The summed E-state index contributed by atoms with van der Waals surface area (Å²) in [5, 5.41) is 13.4. The van der Waals surface area contributed by atoms with Gasteiger partial charge >= 0.3 is 0 Å². The number of halogens is 1. The van der Waals surface area contributed by atoms with Gasteiger partial charge in [0.05, 0.1) is 15.6 Å². The highest BCUT2D eigenvalue weighted by atomic mass is 79.9. The fourth-order valence-corrected chi connectivity index (χ4v) is 1.87. The van der Waals surface area contributed by atoms with Gasteiger partial charge in [-0.15, -0.1) is 28.3 Å². The van der Waals surface area contributed by atoms with Crippen LogP contribution >= 0.6 is 28.3 Å². The van der Waals surface area contributed by atoms with Crippen molar-refractivity contribution < 1.29 is 4.92 Å². The summed E-state index contributed by atoms with van der Waals surface area (Å²) in [7, 11) is 0. The summed E-state index contributed by atoms with van der Waals surface area (Å²) in [5.41, 5.74) is 1.88. The van der Waals surface area contributed by atoms with Crippen LogP contribution in [0, 0.1) is 17.0 Å². The van der Waals surface area contributed by atoms with Crippen molar-refractivity contribution in [2.24, 2.45) is 0 Å². The van der Waals surface area contributed by atoms with Crippen LogP contribution in [0.15, 0.2) is 29.6 Å². The Kier molecular flexibility index (Phi) is 4.14. The molecule has 0 fully saturated rings. The number of hydrogen-bond donors (Lipinski definition) is 0. The SMILES string of the molecule is Br.Cc1nc(-c2ccc([N+](=O)[O-])cc2)cs1. The zero-order chi connectivity index (χ0) is 10.8. The van der Waals surface area contributed by atoms with Crippen LogP contribution in [-0.4, -0.2) is 9.91 Å². The molecule has 1 heterocycles. The maximum absolute atomic E-state index is 10.4. The van der Waals surface area contributed by atoms with Gasteiger partial charge in [-0.3, -0.25) is 10.1 Å². The molecule has 2 aromatic rings. The van der Waals surface area contributed by atoms with Crippen LogP contribution in [0.25, 0.3) is 11.3 Å². The molecule has 16 heavy (non-hydrogen) atoms. The first kappa shape index (κ1) is 12.8. The van der Waals surface area contributed by atoms with E-state index in [0.29, 0.717) is 0 Å². The van der Waals surface area contributed by atoms with Crippen molar-refractivity contribution >= 4 is 34.0 Å². The third-order valence-electron chi connectivity index (χ3n) is 1.99. The maximum atomic E-state index is 10.4. The minimum atomic E-state index is -0.407. The first-order valence-electron chi connectivity index (χ1n) is 4.34. The van der Waals surface area contributed by atoms with Crippen LogP contribution in [0.1, 0.15) is 5.01 Å². The molecule has 84 valence electrons. The summed E-state index contributed by atoms with van der Waals surface area (Å²) in [5.74, 6) is 0. The average molecular weight is 301 g/mol. The lowest BCUT2D eigenvalue weighted by atomic mass is 10.1. The molecule has 0 saturated heterocycles. The van der Waals surface area contributed by atoms with E-state index in [9.17, 15) is 10.1 Å². The van der Waals surface area contributed by atoms with Gasteiger partial charge < -0.3 is 0 Å². The molecule has 4 nitrogen and oxygen atoms in total. The number of aryl methyl sites for hydroxylation is 1. The molecule has 2 rings (SSSR count). The van der Waals surface area contributed by atoms with Gasteiger partial charge in [0, 0.05) is 23.1 Å². The molecule has 0 aliphatic carbocycles. The van der Waals surface area contributed by atoms with Gasteiger partial charge in [-0.2, -0.15) is 0 Å². The summed E-state index contributed by atoms with van der Waals surface area (Å²) < 4.78 is 0. The number of thiazole rings is 1. The van der Waals surface area contributed by atoms with Crippen LogP contribution in [0.3, 0.4) is 0 Å². The molecule has 1 aromatic carbocycles. The van der Waals surface area contributed by atoms with E-state index in [4.69, 9.17) is 0 Å². The van der Waals surface area contributed by atoms with Crippen molar-refractivity contribution in [3.05, 3.63) is 44.8 Å². The van der Waals surface area contributed by atoms with E-state index in [1.807, 2.05) is 12.3 Å². The molecule has 0 radical (unpaired) electrons. The molecule has 0 aliphatic rings. The molecule has 0 saturated carbocycles. The van der Waals surface area contributed by atoms with E-state index in [2.05, 4.69) is 4.98 Å². The maximum Gasteiger partial charge on any atom is 0.269 e. The molecule has 0 aliphatic heterocycles. The Bertz CT molecular complexity index is 496. The second kappa shape index (κ2) is 5.18. The Morgan fingerprint density at radius 2 is 1.94 bits per heavy atom. The Morgan fingerprint density at radius 1 is 1.31 bits per heavy atom. The summed E-state index contributed by atoms with van der Waals surface area (Å²) >= 11 is 1.56. The quantitative estimate of drug-likeness (QED) is 0.629. The predicted octanol–water partition coefficient (Wildman–Crippen LogP) is 3.60. The molecule has 1 aromatic heterocycles. The minimum absolute atomic E-state index is 0. The molecule has 0 N–H and O–H groups in total. The Morgan fingerprint density at radius 3 is 2.38 bits per heavy atom. The van der Waals surface area contributed by atoms with Gasteiger partial charge in [0.2, 0.25) is 0 Å². The highest BCUT2D eigenvalue weighted by Crippen LogP contribution is 2.23. The fourth-order valence-electron chi connectivity index (χ4n) is 1.25. The highest BCUT2D eigenvalue weighted by molar-refractivity contribution is 8.93. The fraction of sp³-hybridized carbons (Fsp3) is 0.100. The zero-order valence-electron chi connectivity index (χ0n) is 8.41. The van der Waals surface area contributed by atoms with E-state index in [1.165, 1.54) is 12.1 Å². The second-order valence-electron chi connectivity index (χ2n) is 3.06. The Balaban J connectivity index is 0.00000128. The minimum Gasteiger partial charge on any atom is -0.258 e. The number of hydrogen-bond acceptors (Lipinski definition) is 4. The van der Waals surface area contributed by atoms with E-state index < -0.39 is 4.92 Å². The van der Waals surface area contributed by atoms with Gasteiger partial charge in [-0.1, -0.05) is 0 Å². The first-order chi connectivity index (χ1) is 7.16. The van der Waals surface area contributed by atoms with Crippen molar-refractivity contribution in [1.29, 1.82) is 0 Å². The molecule has 0 spiro atoms. The van der Waals surface area contributed by atoms with Gasteiger partial charge in [-0.05, 0) is 19.1 Å². The van der Waals surface area contributed by atoms with Gasteiger partial charge in [0.15, 0.2) is 0 Å². The molecule has 0 bridgehead atoms. The second-order valence-corrected chi connectivity index (χ2v) is 4.12. The number of aromatic nitrogens is 1. The zero-order valence-corrected chi connectivity index (χ0v) is 10.9. The van der Waals surface area contributed by atoms with Crippen LogP contribution in [0.4, 0.5) is 5.69 Å². The predicted molar refractivity (Wildman–Crippen MR) is 69.3 cm³/mol. The lowest BCUT2D eigenvalue weighted by Gasteiger charge is -1.95. The van der Waals surface area contributed by atoms with E-state index in [-0.39, 0.29) is 22.7 Å². The summed E-state index contributed by atoms with van der Waals surface area (Å²) in [6, 6.07) is 6.41. The average Bonchev–Trinajstić information content (AvgIpc) is 2.65. The third-order valence-corrected chi connectivity index (χ3v) is 2.77. The number of benzene rings is 1. The molecular weight excluding hydrogens is 292 g/mol. The number of non-ortho nitro benzene ring substituents is 1. The summed E-state index contributed by atoms with van der Waals surface area (Å²) in [6.07, 6.45) is 0. The van der Waals surface area contributed by atoms with Gasteiger partial charge in [0.25, 0.3) is 5.69 Å². The number of nitrogens with zero attached hydrogens (tertiary/aromatic N) is 2. The largest absolute Gasteiger partial charge is 0.269 e. The lowest BCUT2D eigenvalue weighted by Crippen LogP contribution is -1.87. The summed E-state index contributed by atoms with van der Waals surface area (Å²) in [4.78, 5) is 14.3. The highest BCUT2D eigenvalue weighted by Gasteiger charge is 2.06. The van der Waals surface area contributed by atoms with Crippen LogP contribution in [0.2, 0.25) is 0 Å². The van der Waals surface area contributed by atoms with Crippen molar-refractivity contribution in [2.45, 2.75) is 6.92 Å². The summed E-state index contributed by atoms with van der Waals surface area (Å²) in [6.45, 7) is 1.93. The number of nitro benzene ring substituents is 1. The topological polar surface area (TPSA) is 56.0 Å². The van der Waals surface area contributed by atoms with E-state index >= 15 is 0 Å². The van der Waals surface area contributed by atoms with Crippen LogP contribution < -0.4 is 0 Å². The van der Waals surface area contributed by atoms with Gasteiger partial charge in [0.1, 0.15) is 0 Å². The normalized spacial score (nSPS) is 9.56. The Hall–Kier alpha value is -1.27. The number of nitro groups is 1. The van der Waals surface area contributed by atoms with Crippen molar-refractivity contribution in [1.82, 2.24) is 4.98 Å². The molecule has 0 amide bonds. The molecule has 0 atom stereocenters. The van der Waals surface area contributed by atoms with Crippen LogP contribution in [0.5, 0.6) is 0 Å². The molecule has 0 unspecified atom stereocenters. The third kappa shape index (κ3) is 2.65. The standard InChI is InChI=1S/C10H8N2O2S.BrH/c1-7-11-10(6-15-7)8-2-4-9(5-3-8)12(13)14;/h2-6H,1H3;1H.